The van der Waals surface area contributed by atoms with Gasteiger partial charge in [0.25, 0.3) is 0 Å². The highest BCUT2D eigenvalue weighted by Gasteiger charge is 2.33. The van der Waals surface area contributed by atoms with Crippen molar-refractivity contribution in [2.24, 2.45) is 5.92 Å². The molecule has 0 spiro atoms. The molecule has 3 heterocycles. The highest BCUT2D eigenvalue weighted by molar-refractivity contribution is 5.79. The van der Waals surface area contributed by atoms with Gasteiger partial charge in [-0.05, 0) is 31.9 Å². The number of ether oxygens (including phenoxy) is 1. The van der Waals surface area contributed by atoms with Crippen LogP contribution in [0.1, 0.15) is 49.4 Å². The molecule has 6 heteroatoms. The number of pyridine rings is 1. The van der Waals surface area contributed by atoms with E-state index in [1.807, 2.05) is 36.9 Å². The third-order valence-electron chi connectivity index (χ3n) is 5.44. The van der Waals surface area contributed by atoms with Gasteiger partial charge in [0.2, 0.25) is 5.91 Å². The Balaban J connectivity index is 1.56. The average molecular weight is 355 g/mol. The van der Waals surface area contributed by atoms with Crippen molar-refractivity contribution in [2.75, 3.05) is 19.7 Å². The number of aromatic nitrogens is 2. The Bertz CT molecular complexity index is 797. The van der Waals surface area contributed by atoms with Gasteiger partial charge >= 0.3 is 0 Å². The Morgan fingerprint density at radius 2 is 2.19 bits per heavy atom. The lowest BCUT2D eigenvalue weighted by Gasteiger charge is -2.37. The number of amides is 1. The Labute approximate surface area is 153 Å². The highest BCUT2D eigenvalue weighted by Crippen LogP contribution is 2.32. The van der Waals surface area contributed by atoms with Crippen LogP contribution in [0.2, 0.25) is 0 Å². The number of rotatable bonds is 4. The summed E-state index contributed by atoms with van der Waals surface area (Å²) in [5, 5.41) is 4.08. The van der Waals surface area contributed by atoms with Gasteiger partial charge in [-0.25, -0.2) is 4.98 Å². The fourth-order valence-corrected chi connectivity index (χ4v) is 3.70. The Kier molecular flexibility index (Phi) is 4.76. The number of carbonyl (C=O) groups is 1. The fraction of sp³-hybridized carbons (Fsp3) is 0.550. The van der Waals surface area contributed by atoms with Gasteiger partial charge in [-0.2, -0.15) is 0 Å². The molecule has 0 bridgehead atoms. The van der Waals surface area contributed by atoms with Gasteiger partial charge in [-0.1, -0.05) is 24.6 Å². The second kappa shape index (κ2) is 7.19. The maximum absolute atomic E-state index is 12.6. The van der Waals surface area contributed by atoms with E-state index < -0.39 is 0 Å². The van der Waals surface area contributed by atoms with E-state index in [1.165, 1.54) is 6.42 Å². The molecule has 0 aromatic carbocycles. The molecule has 2 aromatic heterocycles. The molecule has 1 saturated carbocycles. The van der Waals surface area contributed by atoms with Gasteiger partial charge in [-0.15, -0.1) is 0 Å². The smallest absolute Gasteiger partial charge is 0.225 e. The maximum Gasteiger partial charge on any atom is 0.225 e. The monoisotopic (exact) mass is 355 g/mol. The second-order valence-electron chi connectivity index (χ2n) is 7.14. The lowest BCUT2D eigenvalue weighted by Crippen LogP contribution is -2.46. The van der Waals surface area contributed by atoms with Gasteiger partial charge < -0.3 is 14.2 Å². The molecule has 6 nitrogen and oxygen atoms in total. The lowest BCUT2D eigenvalue weighted by molar-refractivity contribution is -0.146. The molecule has 1 atom stereocenters. The van der Waals surface area contributed by atoms with Crippen molar-refractivity contribution in [1.82, 2.24) is 15.0 Å². The first kappa shape index (κ1) is 17.2. The first-order chi connectivity index (χ1) is 12.7. The summed E-state index contributed by atoms with van der Waals surface area (Å²) in [6.45, 7) is 5.79. The third kappa shape index (κ3) is 3.14. The van der Waals surface area contributed by atoms with Gasteiger partial charge in [0.05, 0.1) is 35.8 Å². The van der Waals surface area contributed by atoms with Crippen LogP contribution >= 0.6 is 0 Å². The van der Waals surface area contributed by atoms with Crippen LogP contribution in [0.3, 0.4) is 0 Å². The number of nitrogens with zero attached hydrogens (tertiary/aromatic N) is 3. The normalized spacial score (nSPS) is 20.8. The number of morpholine rings is 1. The summed E-state index contributed by atoms with van der Waals surface area (Å²) in [5.74, 6) is 1.35. The zero-order chi connectivity index (χ0) is 18.1. The molecule has 1 aliphatic carbocycles. The average Bonchev–Trinajstić information content (AvgIpc) is 3.01. The van der Waals surface area contributed by atoms with E-state index in [4.69, 9.17) is 14.2 Å². The maximum atomic E-state index is 12.6. The molecule has 2 aromatic rings. The molecular formula is C20H25N3O3. The van der Waals surface area contributed by atoms with Crippen molar-refractivity contribution in [3.63, 3.8) is 0 Å². The van der Waals surface area contributed by atoms with E-state index >= 15 is 0 Å². The summed E-state index contributed by atoms with van der Waals surface area (Å²) in [4.78, 5) is 19.3. The molecule has 2 fully saturated rings. The van der Waals surface area contributed by atoms with Crippen LogP contribution in [0.25, 0.3) is 11.3 Å². The van der Waals surface area contributed by atoms with Crippen molar-refractivity contribution >= 4 is 5.91 Å². The Morgan fingerprint density at radius 1 is 1.35 bits per heavy atom. The molecule has 26 heavy (non-hydrogen) atoms. The summed E-state index contributed by atoms with van der Waals surface area (Å²) in [5.41, 5.74) is 3.52. The van der Waals surface area contributed by atoms with Gasteiger partial charge in [0.15, 0.2) is 0 Å². The zero-order valence-electron chi connectivity index (χ0n) is 15.4. The first-order valence-corrected chi connectivity index (χ1v) is 9.50. The minimum Gasteiger partial charge on any atom is -0.368 e. The molecule has 0 radical (unpaired) electrons. The van der Waals surface area contributed by atoms with Crippen LogP contribution in [0.15, 0.2) is 22.7 Å². The quantitative estimate of drug-likeness (QED) is 0.842. The Hall–Kier alpha value is -2.21. The molecule has 1 saturated heterocycles. The molecule has 1 amide bonds. The summed E-state index contributed by atoms with van der Waals surface area (Å²) in [7, 11) is 0. The minimum atomic E-state index is -0.182. The number of hydrogen-bond acceptors (Lipinski definition) is 5. The molecule has 4 rings (SSSR count). The van der Waals surface area contributed by atoms with Crippen molar-refractivity contribution in [1.29, 1.82) is 0 Å². The third-order valence-corrected chi connectivity index (χ3v) is 5.44. The van der Waals surface area contributed by atoms with Crippen molar-refractivity contribution in [2.45, 2.75) is 45.6 Å². The van der Waals surface area contributed by atoms with Crippen molar-refractivity contribution in [3.8, 4) is 11.3 Å². The van der Waals surface area contributed by atoms with E-state index in [-0.39, 0.29) is 17.9 Å². The molecular weight excluding hydrogens is 330 g/mol. The van der Waals surface area contributed by atoms with E-state index in [2.05, 4.69) is 5.16 Å². The highest BCUT2D eigenvalue weighted by atomic mass is 16.5. The second-order valence-corrected chi connectivity index (χ2v) is 7.14. The van der Waals surface area contributed by atoms with Crippen LogP contribution in [-0.4, -0.2) is 40.6 Å². The number of carbonyl (C=O) groups excluding carboxylic acids is 1. The number of hydrogen-bond donors (Lipinski definition) is 0. The molecule has 1 aliphatic heterocycles. The van der Waals surface area contributed by atoms with E-state index in [9.17, 15) is 4.79 Å². The predicted molar refractivity (Wildman–Crippen MR) is 96.5 cm³/mol. The van der Waals surface area contributed by atoms with E-state index in [0.29, 0.717) is 19.7 Å². The summed E-state index contributed by atoms with van der Waals surface area (Å²) in [6, 6.07) is 5.93. The number of aryl methyl sites for hydroxylation is 2. The predicted octanol–water partition coefficient (Wildman–Crippen LogP) is 3.31. The molecule has 0 N–H and O–H groups in total. The van der Waals surface area contributed by atoms with E-state index in [1.54, 1.807) is 0 Å². The molecule has 138 valence electrons. The summed E-state index contributed by atoms with van der Waals surface area (Å²) in [6.07, 6.45) is 3.82. The van der Waals surface area contributed by atoms with Crippen LogP contribution in [0, 0.1) is 12.8 Å². The lowest BCUT2D eigenvalue weighted by atomic mass is 9.84. The van der Waals surface area contributed by atoms with Crippen LogP contribution in [-0.2, 0) is 16.0 Å². The van der Waals surface area contributed by atoms with Gasteiger partial charge in [0.1, 0.15) is 11.9 Å². The van der Waals surface area contributed by atoms with Crippen molar-refractivity contribution in [3.05, 3.63) is 35.3 Å². The standard InChI is InChI=1S/C20H25N3O3/c1-3-17-19(13(2)22-26-17)16-9-5-8-15(21-16)18-12-23(10-11-25-18)20(24)14-6-4-7-14/h5,8-9,14,18H,3-4,6-7,10-12H2,1-2H3/t18-/m0/s1. The summed E-state index contributed by atoms with van der Waals surface area (Å²) < 4.78 is 11.3. The molecule has 0 unspecified atom stereocenters. The summed E-state index contributed by atoms with van der Waals surface area (Å²) >= 11 is 0. The fourth-order valence-electron chi connectivity index (χ4n) is 3.70. The first-order valence-electron chi connectivity index (χ1n) is 9.50. The van der Waals surface area contributed by atoms with E-state index in [0.717, 1.165) is 47.7 Å². The zero-order valence-corrected chi connectivity index (χ0v) is 15.4. The van der Waals surface area contributed by atoms with Gasteiger partial charge in [0, 0.05) is 18.9 Å². The molecule has 2 aliphatic rings. The Morgan fingerprint density at radius 3 is 2.92 bits per heavy atom. The van der Waals surface area contributed by atoms with Crippen LogP contribution in [0.5, 0.6) is 0 Å². The largest absolute Gasteiger partial charge is 0.368 e. The van der Waals surface area contributed by atoms with Crippen LogP contribution in [0.4, 0.5) is 0 Å². The van der Waals surface area contributed by atoms with Crippen molar-refractivity contribution < 1.29 is 14.1 Å². The topological polar surface area (TPSA) is 68.5 Å². The van der Waals surface area contributed by atoms with Gasteiger partial charge in [-0.3, -0.25) is 4.79 Å². The minimum absolute atomic E-state index is 0.182. The van der Waals surface area contributed by atoms with Crippen LogP contribution < -0.4 is 0 Å². The SMILES string of the molecule is CCc1onc(C)c1-c1cccc([C@@H]2CN(C(=O)C3CCC3)CCO2)n1.